The van der Waals surface area contributed by atoms with E-state index in [0.29, 0.717) is 22.6 Å². The molecule has 1 aliphatic rings. The van der Waals surface area contributed by atoms with Gasteiger partial charge in [0.15, 0.2) is 0 Å². The van der Waals surface area contributed by atoms with Gasteiger partial charge in [-0.1, -0.05) is 22.5 Å². The lowest BCUT2D eigenvalue weighted by molar-refractivity contribution is -0.115. The van der Waals surface area contributed by atoms with Crippen LogP contribution in [0.3, 0.4) is 0 Å². The summed E-state index contributed by atoms with van der Waals surface area (Å²) >= 11 is 3.35. The van der Waals surface area contributed by atoms with Crippen LogP contribution in [-0.4, -0.2) is 24.3 Å². The average molecular weight is 400 g/mol. The Morgan fingerprint density at radius 3 is 2.60 bits per heavy atom. The summed E-state index contributed by atoms with van der Waals surface area (Å²) in [6, 6.07) is 11.8. The van der Waals surface area contributed by atoms with Crippen molar-refractivity contribution in [3.05, 3.63) is 65.2 Å². The van der Waals surface area contributed by atoms with E-state index < -0.39 is 0 Å². The van der Waals surface area contributed by atoms with E-state index in [1.54, 1.807) is 36.4 Å². The molecule has 0 fully saturated rings. The van der Waals surface area contributed by atoms with Crippen LogP contribution < -0.4 is 15.5 Å². The standard InChI is InChI=1S/C18H14BrN3O3/c1-2-16(23)20-13-6-3-11(4-7-13)18(25)22-10-17(24)21-14-9-12(19)5-8-15(14)22/h2-9H,1,10H2,(H,20,23)(H,21,24). The van der Waals surface area contributed by atoms with Crippen molar-refractivity contribution in [2.24, 2.45) is 0 Å². The molecule has 2 aromatic carbocycles. The van der Waals surface area contributed by atoms with Gasteiger partial charge in [-0.2, -0.15) is 0 Å². The third-order valence-electron chi connectivity index (χ3n) is 3.66. The number of nitrogens with one attached hydrogen (secondary N) is 2. The Labute approximate surface area is 152 Å². The minimum Gasteiger partial charge on any atom is -0.323 e. The first-order valence-electron chi connectivity index (χ1n) is 7.42. The summed E-state index contributed by atoms with van der Waals surface area (Å²) in [4.78, 5) is 37.5. The van der Waals surface area contributed by atoms with Crippen LogP contribution in [0.4, 0.5) is 17.1 Å². The van der Waals surface area contributed by atoms with Gasteiger partial charge >= 0.3 is 0 Å². The van der Waals surface area contributed by atoms with E-state index in [2.05, 4.69) is 33.1 Å². The topological polar surface area (TPSA) is 78.5 Å². The van der Waals surface area contributed by atoms with E-state index in [-0.39, 0.29) is 24.3 Å². The zero-order valence-corrected chi connectivity index (χ0v) is 14.7. The zero-order chi connectivity index (χ0) is 18.0. The first-order valence-corrected chi connectivity index (χ1v) is 8.22. The number of halogens is 1. The van der Waals surface area contributed by atoms with Crippen LogP contribution in [0.1, 0.15) is 10.4 Å². The highest BCUT2D eigenvalue weighted by Crippen LogP contribution is 2.33. The molecule has 1 heterocycles. The van der Waals surface area contributed by atoms with Gasteiger partial charge in [0.05, 0.1) is 11.4 Å². The number of anilines is 3. The maximum atomic E-state index is 12.8. The fraction of sp³-hybridized carbons (Fsp3) is 0.0556. The van der Waals surface area contributed by atoms with Gasteiger partial charge in [-0.15, -0.1) is 0 Å². The number of fused-ring (bicyclic) bond motifs is 1. The molecule has 7 heteroatoms. The second-order valence-corrected chi connectivity index (χ2v) is 6.29. The molecule has 3 rings (SSSR count). The number of amides is 3. The lowest BCUT2D eigenvalue weighted by Crippen LogP contribution is -2.42. The van der Waals surface area contributed by atoms with E-state index in [0.717, 1.165) is 4.47 Å². The van der Waals surface area contributed by atoms with Crippen molar-refractivity contribution in [1.29, 1.82) is 0 Å². The van der Waals surface area contributed by atoms with E-state index in [1.807, 2.05) is 6.07 Å². The summed E-state index contributed by atoms with van der Waals surface area (Å²) in [6.45, 7) is 3.33. The van der Waals surface area contributed by atoms with Gasteiger partial charge in [-0.05, 0) is 48.5 Å². The number of carbonyl (C=O) groups is 3. The van der Waals surface area contributed by atoms with Crippen LogP contribution in [0.2, 0.25) is 0 Å². The lowest BCUT2D eigenvalue weighted by atomic mass is 10.1. The Hall–Kier alpha value is -2.93. The molecule has 0 aliphatic carbocycles. The van der Waals surface area contributed by atoms with Crippen LogP contribution in [0.25, 0.3) is 0 Å². The fourth-order valence-corrected chi connectivity index (χ4v) is 2.85. The lowest BCUT2D eigenvalue weighted by Gasteiger charge is -2.29. The number of rotatable bonds is 3. The molecule has 0 unspecified atom stereocenters. The second kappa shape index (κ2) is 6.90. The molecule has 25 heavy (non-hydrogen) atoms. The summed E-state index contributed by atoms with van der Waals surface area (Å²) in [5, 5.41) is 5.37. The van der Waals surface area contributed by atoms with Crippen LogP contribution in [0.5, 0.6) is 0 Å². The number of benzene rings is 2. The molecular weight excluding hydrogens is 386 g/mol. The molecule has 126 valence electrons. The number of hydrogen-bond acceptors (Lipinski definition) is 3. The Bertz CT molecular complexity index is 878. The summed E-state index contributed by atoms with van der Waals surface area (Å²) in [7, 11) is 0. The molecule has 0 radical (unpaired) electrons. The van der Waals surface area contributed by atoms with E-state index in [9.17, 15) is 14.4 Å². The third-order valence-corrected chi connectivity index (χ3v) is 4.15. The van der Waals surface area contributed by atoms with E-state index >= 15 is 0 Å². The monoisotopic (exact) mass is 399 g/mol. The summed E-state index contributed by atoms with van der Waals surface area (Å²) < 4.78 is 0.808. The van der Waals surface area contributed by atoms with E-state index in [1.165, 1.54) is 11.0 Å². The molecular formula is C18H14BrN3O3. The smallest absolute Gasteiger partial charge is 0.258 e. The van der Waals surface area contributed by atoms with Gasteiger partial charge in [0.25, 0.3) is 5.91 Å². The van der Waals surface area contributed by atoms with Crippen LogP contribution in [0.15, 0.2) is 59.6 Å². The van der Waals surface area contributed by atoms with Crippen molar-refractivity contribution in [2.75, 3.05) is 22.1 Å². The minimum absolute atomic E-state index is 0.0532. The molecule has 0 aromatic heterocycles. The normalized spacial score (nSPS) is 12.8. The molecule has 0 spiro atoms. The van der Waals surface area contributed by atoms with Gasteiger partial charge in [0, 0.05) is 15.7 Å². The molecule has 0 atom stereocenters. The first-order chi connectivity index (χ1) is 12.0. The largest absolute Gasteiger partial charge is 0.323 e. The van der Waals surface area contributed by atoms with Gasteiger partial charge < -0.3 is 10.6 Å². The van der Waals surface area contributed by atoms with Crippen LogP contribution in [-0.2, 0) is 9.59 Å². The maximum absolute atomic E-state index is 12.8. The first kappa shape index (κ1) is 16.9. The van der Waals surface area contributed by atoms with Gasteiger partial charge in [0.1, 0.15) is 6.54 Å². The highest BCUT2D eigenvalue weighted by molar-refractivity contribution is 9.10. The Balaban J connectivity index is 1.87. The molecule has 0 saturated carbocycles. The Morgan fingerprint density at radius 2 is 1.92 bits per heavy atom. The van der Waals surface area contributed by atoms with Gasteiger partial charge in [0.2, 0.25) is 11.8 Å². The van der Waals surface area contributed by atoms with Crippen molar-refractivity contribution in [3.63, 3.8) is 0 Å². The maximum Gasteiger partial charge on any atom is 0.258 e. The molecule has 6 nitrogen and oxygen atoms in total. The van der Waals surface area contributed by atoms with Crippen molar-refractivity contribution >= 4 is 50.7 Å². The molecule has 2 aromatic rings. The van der Waals surface area contributed by atoms with Crippen LogP contribution in [0, 0.1) is 0 Å². The summed E-state index contributed by atoms with van der Waals surface area (Å²) in [6.07, 6.45) is 1.17. The second-order valence-electron chi connectivity index (χ2n) is 5.37. The number of hydrogen-bond donors (Lipinski definition) is 2. The zero-order valence-electron chi connectivity index (χ0n) is 13.1. The highest BCUT2D eigenvalue weighted by atomic mass is 79.9. The quantitative estimate of drug-likeness (QED) is 0.777. The van der Waals surface area contributed by atoms with Crippen molar-refractivity contribution < 1.29 is 14.4 Å². The van der Waals surface area contributed by atoms with Gasteiger partial charge in [-0.3, -0.25) is 19.3 Å². The summed E-state index contributed by atoms with van der Waals surface area (Å²) in [5.74, 6) is -0.875. The molecule has 0 saturated heterocycles. The van der Waals surface area contributed by atoms with E-state index in [4.69, 9.17) is 0 Å². The van der Waals surface area contributed by atoms with Crippen molar-refractivity contribution in [2.45, 2.75) is 0 Å². The average Bonchev–Trinajstić information content (AvgIpc) is 2.60. The number of carbonyl (C=O) groups excluding carboxylic acids is 3. The van der Waals surface area contributed by atoms with Crippen molar-refractivity contribution in [1.82, 2.24) is 0 Å². The predicted molar refractivity (Wildman–Crippen MR) is 99.7 cm³/mol. The summed E-state index contributed by atoms with van der Waals surface area (Å²) in [5.41, 5.74) is 2.19. The Kier molecular flexibility index (Phi) is 4.67. The minimum atomic E-state index is -0.328. The van der Waals surface area contributed by atoms with Crippen molar-refractivity contribution in [3.8, 4) is 0 Å². The predicted octanol–water partition coefficient (Wildman–Crippen LogP) is 3.17. The molecule has 2 N–H and O–H groups in total. The molecule has 3 amide bonds. The molecule has 0 bridgehead atoms. The highest BCUT2D eigenvalue weighted by Gasteiger charge is 2.27. The van der Waals surface area contributed by atoms with Crippen LogP contribution >= 0.6 is 15.9 Å². The number of nitrogens with zero attached hydrogens (tertiary/aromatic N) is 1. The Morgan fingerprint density at radius 1 is 1.20 bits per heavy atom. The van der Waals surface area contributed by atoms with Gasteiger partial charge in [-0.25, -0.2) is 0 Å². The fourth-order valence-electron chi connectivity index (χ4n) is 2.49. The third kappa shape index (κ3) is 3.61. The molecule has 1 aliphatic heterocycles. The SMILES string of the molecule is C=CC(=O)Nc1ccc(C(=O)N2CC(=O)Nc3cc(Br)ccc32)cc1.